The Labute approximate surface area is 143 Å². The highest BCUT2D eigenvalue weighted by Crippen LogP contribution is 2.50. The summed E-state index contributed by atoms with van der Waals surface area (Å²) < 4.78 is 31.7. The van der Waals surface area contributed by atoms with Gasteiger partial charge in [-0.15, -0.1) is 0 Å². The standard InChI is InChI=1S/C19H17F2N3O/c20-19(21)9-14(19)5-6-25-15-7-12-3-1-2-4-16(12)17(8-15)13-10-23-18(22)24-11-13/h1-4,7-8,10-11,14H,5-6,9H2,(H2,22,23,24). The zero-order valence-corrected chi connectivity index (χ0v) is 13.5. The minimum absolute atomic E-state index is 0.0257. The number of alkyl halides is 2. The molecular formula is C19H17F2N3O. The highest BCUT2D eigenvalue weighted by Gasteiger charge is 2.56. The van der Waals surface area contributed by atoms with Crippen LogP contribution in [0.3, 0.4) is 0 Å². The van der Waals surface area contributed by atoms with Gasteiger partial charge in [-0.2, -0.15) is 0 Å². The predicted molar refractivity (Wildman–Crippen MR) is 92.6 cm³/mol. The fourth-order valence-corrected chi connectivity index (χ4v) is 2.98. The van der Waals surface area contributed by atoms with Crippen molar-refractivity contribution in [3.8, 4) is 16.9 Å². The first-order valence-electron chi connectivity index (χ1n) is 8.14. The number of hydrogen-bond acceptors (Lipinski definition) is 4. The topological polar surface area (TPSA) is 61.0 Å². The Morgan fingerprint density at radius 3 is 2.60 bits per heavy atom. The van der Waals surface area contributed by atoms with Gasteiger partial charge in [0, 0.05) is 30.3 Å². The van der Waals surface area contributed by atoms with Gasteiger partial charge in [-0.05, 0) is 34.9 Å². The molecule has 1 atom stereocenters. The van der Waals surface area contributed by atoms with Crippen LogP contribution in [0.15, 0.2) is 48.8 Å². The third-order valence-corrected chi connectivity index (χ3v) is 4.51. The average Bonchev–Trinajstić information content (AvgIpc) is 3.21. The molecule has 1 saturated carbocycles. The molecule has 0 amide bonds. The van der Waals surface area contributed by atoms with Crippen LogP contribution >= 0.6 is 0 Å². The third-order valence-electron chi connectivity index (χ3n) is 4.51. The van der Waals surface area contributed by atoms with Crippen molar-refractivity contribution in [3.05, 3.63) is 48.8 Å². The number of benzene rings is 2. The number of nitrogens with zero attached hydrogens (tertiary/aromatic N) is 2. The van der Waals surface area contributed by atoms with E-state index in [1.54, 1.807) is 12.4 Å². The van der Waals surface area contributed by atoms with Crippen LogP contribution in [0.4, 0.5) is 14.7 Å². The lowest BCUT2D eigenvalue weighted by atomic mass is 10.00. The molecule has 3 aromatic rings. The molecule has 6 heteroatoms. The quantitative estimate of drug-likeness (QED) is 0.751. The molecule has 1 unspecified atom stereocenters. The van der Waals surface area contributed by atoms with E-state index < -0.39 is 11.8 Å². The molecule has 0 radical (unpaired) electrons. The van der Waals surface area contributed by atoms with E-state index in [9.17, 15) is 8.78 Å². The van der Waals surface area contributed by atoms with Crippen LogP contribution in [0.5, 0.6) is 5.75 Å². The van der Waals surface area contributed by atoms with Gasteiger partial charge in [-0.1, -0.05) is 24.3 Å². The minimum Gasteiger partial charge on any atom is -0.494 e. The Balaban J connectivity index is 1.63. The van der Waals surface area contributed by atoms with Crippen molar-refractivity contribution in [2.75, 3.05) is 12.3 Å². The summed E-state index contributed by atoms with van der Waals surface area (Å²) in [6.45, 7) is 0.274. The molecule has 1 aliphatic rings. The van der Waals surface area contributed by atoms with Crippen molar-refractivity contribution in [2.24, 2.45) is 5.92 Å². The van der Waals surface area contributed by atoms with E-state index in [2.05, 4.69) is 9.97 Å². The number of anilines is 1. The highest BCUT2D eigenvalue weighted by atomic mass is 19.3. The second-order valence-corrected chi connectivity index (χ2v) is 6.32. The molecule has 0 aliphatic heterocycles. The van der Waals surface area contributed by atoms with Gasteiger partial charge in [0.1, 0.15) is 5.75 Å². The molecule has 128 valence electrons. The lowest BCUT2D eigenvalue weighted by molar-refractivity contribution is 0.0930. The van der Waals surface area contributed by atoms with Crippen molar-refractivity contribution < 1.29 is 13.5 Å². The van der Waals surface area contributed by atoms with Gasteiger partial charge in [0.2, 0.25) is 5.95 Å². The Morgan fingerprint density at radius 1 is 1.16 bits per heavy atom. The zero-order chi connectivity index (χ0) is 17.4. The molecule has 1 aromatic heterocycles. The monoisotopic (exact) mass is 341 g/mol. The Kier molecular flexibility index (Phi) is 3.75. The molecule has 0 bridgehead atoms. The summed E-state index contributed by atoms with van der Waals surface area (Å²) in [5, 5.41) is 2.04. The van der Waals surface area contributed by atoms with Crippen LogP contribution in [-0.2, 0) is 0 Å². The number of hydrogen-bond donors (Lipinski definition) is 1. The summed E-state index contributed by atoms with van der Waals surface area (Å²) in [6, 6.07) is 11.7. The maximum atomic E-state index is 13.0. The van der Waals surface area contributed by atoms with Crippen LogP contribution in [-0.4, -0.2) is 22.5 Å². The van der Waals surface area contributed by atoms with Gasteiger partial charge in [-0.3, -0.25) is 0 Å². The van der Waals surface area contributed by atoms with Gasteiger partial charge < -0.3 is 10.5 Å². The van der Waals surface area contributed by atoms with E-state index in [1.807, 2.05) is 36.4 Å². The van der Waals surface area contributed by atoms with Crippen molar-refractivity contribution in [3.63, 3.8) is 0 Å². The molecule has 0 saturated heterocycles. The van der Waals surface area contributed by atoms with Crippen LogP contribution < -0.4 is 10.5 Å². The SMILES string of the molecule is Nc1ncc(-c2cc(OCCC3CC3(F)F)cc3ccccc23)cn1. The molecule has 1 heterocycles. The van der Waals surface area contributed by atoms with Crippen LogP contribution in [0.25, 0.3) is 21.9 Å². The van der Waals surface area contributed by atoms with Crippen molar-refractivity contribution >= 4 is 16.7 Å². The maximum absolute atomic E-state index is 13.0. The zero-order valence-electron chi connectivity index (χ0n) is 13.5. The van der Waals surface area contributed by atoms with Gasteiger partial charge in [0.15, 0.2) is 0 Å². The minimum atomic E-state index is -2.50. The second-order valence-electron chi connectivity index (χ2n) is 6.32. The molecular weight excluding hydrogens is 324 g/mol. The lowest BCUT2D eigenvalue weighted by Gasteiger charge is -2.12. The number of nitrogen functional groups attached to an aromatic ring is 1. The fourth-order valence-electron chi connectivity index (χ4n) is 2.98. The molecule has 25 heavy (non-hydrogen) atoms. The second kappa shape index (κ2) is 5.95. The average molecular weight is 341 g/mol. The molecule has 1 aliphatic carbocycles. The molecule has 0 spiro atoms. The first-order chi connectivity index (χ1) is 12.0. The summed E-state index contributed by atoms with van der Waals surface area (Å²) in [6.07, 6.45) is 3.67. The van der Waals surface area contributed by atoms with E-state index >= 15 is 0 Å². The van der Waals surface area contributed by atoms with E-state index in [1.165, 1.54) is 0 Å². The van der Waals surface area contributed by atoms with E-state index in [4.69, 9.17) is 10.5 Å². The molecule has 2 aromatic carbocycles. The van der Waals surface area contributed by atoms with Gasteiger partial charge in [0.25, 0.3) is 5.92 Å². The fraction of sp³-hybridized carbons (Fsp3) is 0.263. The highest BCUT2D eigenvalue weighted by molar-refractivity contribution is 5.97. The first kappa shape index (κ1) is 15.7. The van der Waals surface area contributed by atoms with Gasteiger partial charge in [-0.25, -0.2) is 18.7 Å². The summed E-state index contributed by atoms with van der Waals surface area (Å²) in [5.74, 6) is -2.18. The van der Waals surface area contributed by atoms with Crippen LogP contribution in [0.1, 0.15) is 12.8 Å². The summed E-state index contributed by atoms with van der Waals surface area (Å²) >= 11 is 0. The number of aromatic nitrogens is 2. The number of ether oxygens (including phenoxy) is 1. The van der Waals surface area contributed by atoms with E-state index in [0.29, 0.717) is 12.2 Å². The summed E-state index contributed by atoms with van der Waals surface area (Å²) in [4.78, 5) is 8.09. The Morgan fingerprint density at radius 2 is 1.88 bits per heavy atom. The van der Waals surface area contributed by atoms with Crippen molar-refractivity contribution in [2.45, 2.75) is 18.8 Å². The van der Waals surface area contributed by atoms with Gasteiger partial charge >= 0.3 is 0 Å². The Bertz CT molecular complexity index is 912. The van der Waals surface area contributed by atoms with Crippen LogP contribution in [0.2, 0.25) is 0 Å². The Hall–Kier alpha value is -2.76. The molecule has 1 fully saturated rings. The summed E-state index contributed by atoms with van der Waals surface area (Å²) in [7, 11) is 0. The lowest BCUT2D eigenvalue weighted by Crippen LogP contribution is -2.02. The number of fused-ring (bicyclic) bond motifs is 1. The number of nitrogens with two attached hydrogens (primary N) is 1. The number of halogens is 2. The first-order valence-corrected chi connectivity index (χ1v) is 8.14. The van der Waals surface area contributed by atoms with E-state index in [0.717, 1.165) is 21.9 Å². The maximum Gasteiger partial charge on any atom is 0.251 e. The van der Waals surface area contributed by atoms with E-state index in [-0.39, 0.29) is 19.0 Å². The normalized spacial score (nSPS) is 18.2. The number of rotatable bonds is 5. The summed E-state index contributed by atoms with van der Waals surface area (Å²) in [5.41, 5.74) is 7.31. The molecule has 2 N–H and O–H groups in total. The smallest absolute Gasteiger partial charge is 0.251 e. The largest absolute Gasteiger partial charge is 0.494 e. The van der Waals surface area contributed by atoms with Crippen LogP contribution in [0, 0.1) is 5.92 Å². The molecule has 4 nitrogen and oxygen atoms in total. The third kappa shape index (κ3) is 3.24. The molecule has 4 rings (SSSR count). The van der Waals surface area contributed by atoms with Gasteiger partial charge in [0.05, 0.1) is 6.61 Å². The van der Waals surface area contributed by atoms with Crippen molar-refractivity contribution in [1.29, 1.82) is 0 Å². The van der Waals surface area contributed by atoms with Crippen molar-refractivity contribution in [1.82, 2.24) is 9.97 Å². The predicted octanol–water partition coefficient (Wildman–Crippen LogP) is 4.30.